The molecule has 0 radical (unpaired) electrons. The van der Waals surface area contributed by atoms with Crippen LogP contribution in [0.15, 0.2) is 66.7 Å². The fourth-order valence-electron chi connectivity index (χ4n) is 3.62. The third-order valence-corrected chi connectivity index (χ3v) is 6.38. The monoisotopic (exact) mass is 443 g/mol. The molecule has 4 aromatic rings. The zero-order chi connectivity index (χ0) is 22.4. The molecule has 0 saturated carbocycles. The largest absolute Gasteiger partial charge is 0.497 e. The van der Waals surface area contributed by atoms with Gasteiger partial charge in [0.1, 0.15) is 5.75 Å². The van der Waals surface area contributed by atoms with E-state index in [9.17, 15) is 14.4 Å². The highest BCUT2D eigenvalue weighted by Gasteiger charge is 2.38. The van der Waals surface area contributed by atoms with Crippen molar-refractivity contribution in [3.8, 4) is 5.75 Å². The Morgan fingerprint density at radius 2 is 1.62 bits per heavy atom. The number of benzene rings is 3. The van der Waals surface area contributed by atoms with Crippen molar-refractivity contribution in [1.29, 1.82) is 0 Å². The summed E-state index contributed by atoms with van der Waals surface area (Å²) in [7, 11) is 3.29. The molecular formula is C24H17N3O4S. The number of fused-ring (bicyclic) bond motifs is 2. The van der Waals surface area contributed by atoms with Crippen molar-refractivity contribution in [1.82, 2.24) is 4.98 Å². The van der Waals surface area contributed by atoms with E-state index in [1.807, 2.05) is 12.1 Å². The Bertz CT molecular complexity index is 1360. The van der Waals surface area contributed by atoms with Crippen LogP contribution in [0.2, 0.25) is 0 Å². The summed E-state index contributed by atoms with van der Waals surface area (Å²) < 4.78 is 5.87. The van der Waals surface area contributed by atoms with Crippen LogP contribution in [-0.2, 0) is 0 Å². The van der Waals surface area contributed by atoms with Crippen LogP contribution >= 0.6 is 11.3 Å². The lowest BCUT2D eigenvalue weighted by Crippen LogP contribution is -2.29. The number of hydrogen-bond donors (Lipinski definition) is 0. The van der Waals surface area contributed by atoms with Crippen molar-refractivity contribution in [3.63, 3.8) is 0 Å². The molecule has 3 amide bonds. The van der Waals surface area contributed by atoms with E-state index in [1.165, 1.54) is 11.3 Å². The zero-order valence-electron chi connectivity index (χ0n) is 17.2. The van der Waals surface area contributed by atoms with Crippen molar-refractivity contribution < 1.29 is 19.1 Å². The van der Waals surface area contributed by atoms with Crippen molar-refractivity contribution in [2.45, 2.75) is 0 Å². The molecule has 0 spiro atoms. The van der Waals surface area contributed by atoms with Crippen LogP contribution in [0.3, 0.4) is 0 Å². The van der Waals surface area contributed by atoms with E-state index in [1.54, 1.807) is 73.7 Å². The van der Waals surface area contributed by atoms with Crippen LogP contribution in [0.1, 0.15) is 31.1 Å². The topological polar surface area (TPSA) is 79.8 Å². The number of aromatic nitrogens is 1. The van der Waals surface area contributed by atoms with E-state index in [-0.39, 0.29) is 17.7 Å². The fourth-order valence-corrected chi connectivity index (χ4v) is 4.62. The lowest BCUT2D eigenvalue weighted by atomic mass is 10.1. The Labute approximate surface area is 187 Å². The molecular weight excluding hydrogens is 426 g/mol. The average molecular weight is 443 g/mol. The Morgan fingerprint density at radius 3 is 2.25 bits per heavy atom. The van der Waals surface area contributed by atoms with Gasteiger partial charge < -0.3 is 9.64 Å². The van der Waals surface area contributed by atoms with Crippen LogP contribution in [0.25, 0.3) is 10.2 Å². The van der Waals surface area contributed by atoms with Gasteiger partial charge in [0.2, 0.25) is 5.13 Å². The Kier molecular flexibility index (Phi) is 4.71. The molecule has 3 aromatic carbocycles. The molecule has 0 N–H and O–H groups in total. The van der Waals surface area contributed by atoms with E-state index in [2.05, 4.69) is 4.98 Å². The maximum atomic E-state index is 13.0. The van der Waals surface area contributed by atoms with Crippen LogP contribution in [0.4, 0.5) is 10.8 Å². The molecule has 7 nitrogen and oxygen atoms in total. The van der Waals surface area contributed by atoms with E-state index < -0.39 is 0 Å². The first-order chi connectivity index (χ1) is 15.5. The van der Waals surface area contributed by atoms with Crippen molar-refractivity contribution in [3.05, 3.63) is 83.4 Å². The minimum absolute atomic E-state index is 0.187. The average Bonchev–Trinajstić information content (AvgIpc) is 3.36. The molecule has 0 fully saturated rings. The second kappa shape index (κ2) is 7.58. The number of ether oxygens (including phenoxy) is 1. The molecule has 1 aromatic heterocycles. The van der Waals surface area contributed by atoms with Gasteiger partial charge in [0, 0.05) is 18.3 Å². The van der Waals surface area contributed by atoms with Gasteiger partial charge in [-0.25, -0.2) is 9.88 Å². The highest BCUT2D eigenvalue weighted by Crippen LogP contribution is 2.35. The first-order valence-corrected chi connectivity index (χ1v) is 10.6. The van der Waals surface area contributed by atoms with Gasteiger partial charge in [0.25, 0.3) is 17.7 Å². The first-order valence-electron chi connectivity index (χ1n) is 9.78. The molecule has 32 heavy (non-hydrogen) atoms. The van der Waals surface area contributed by atoms with Crippen LogP contribution < -0.4 is 14.5 Å². The maximum Gasteiger partial charge on any atom is 0.268 e. The molecule has 1 aliphatic rings. The number of carbonyl (C=O) groups excluding carboxylic acids is 3. The third-order valence-electron chi connectivity index (χ3n) is 5.37. The van der Waals surface area contributed by atoms with Gasteiger partial charge in [-0.05, 0) is 54.6 Å². The second-order valence-electron chi connectivity index (χ2n) is 7.23. The van der Waals surface area contributed by atoms with Gasteiger partial charge in [-0.2, -0.15) is 0 Å². The van der Waals surface area contributed by atoms with Gasteiger partial charge >= 0.3 is 0 Å². The minimum atomic E-state index is -0.389. The summed E-state index contributed by atoms with van der Waals surface area (Å²) in [6.07, 6.45) is 0. The smallest absolute Gasteiger partial charge is 0.268 e. The first kappa shape index (κ1) is 19.9. The molecule has 1 aliphatic heterocycles. The Hall–Kier alpha value is -4.04. The van der Waals surface area contributed by atoms with Gasteiger partial charge in [-0.3, -0.25) is 14.4 Å². The van der Waals surface area contributed by atoms with Gasteiger partial charge in [0.05, 0.1) is 28.5 Å². The number of amides is 3. The summed E-state index contributed by atoms with van der Waals surface area (Å²) >= 11 is 1.20. The molecule has 8 heteroatoms. The summed E-state index contributed by atoms with van der Waals surface area (Å²) in [6, 6.07) is 19.1. The normalized spacial score (nSPS) is 12.9. The number of methoxy groups -OCH3 is 1. The number of nitrogens with zero attached hydrogens (tertiary/aromatic N) is 3. The lowest BCUT2D eigenvalue weighted by Gasteiger charge is -2.17. The van der Waals surface area contributed by atoms with E-state index in [0.29, 0.717) is 37.8 Å². The van der Waals surface area contributed by atoms with Gasteiger partial charge in [-0.15, -0.1) is 0 Å². The third kappa shape index (κ3) is 3.12. The number of hydrogen-bond acceptors (Lipinski definition) is 6. The molecule has 0 atom stereocenters. The van der Waals surface area contributed by atoms with Gasteiger partial charge in [0.15, 0.2) is 0 Å². The summed E-state index contributed by atoms with van der Waals surface area (Å²) in [6.45, 7) is 0. The van der Waals surface area contributed by atoms with E-state index >= 15 is 0 Å². The second-order valence-corrected chi connectivity index (χ2v) is 8.24. The van der Waals surface area contributed by atoms with Crippen LogP contribution in [0, 0.1) is 0 Å². The Morgan fingerprint density at radius 1 is 0.969 bits per heavy atom. The van der Waals surface area contributed by atoms with E-state index in [0.717, 1.165) is 10.6 Å². The number of rotatable bonds is 4. The summed E-state index contributed by atoms with van der Waals surface area (Å²) in [4.78, 5) is 45.6. The molecule has 158 valence electrons. The van der Waals surface area contributed by atoms with Crippen molar-refractivity contribution in [2.75, 3.05) is 24.0 Å². The number of thiazole rings is 1. The van der Waals surface area contributed by atoms with Crippen LogP contribution in [0.5, 0.6) is 5.75 Å². The molecule has 0 unspecified atom stereocenters. The predicted molar refractivity (Wildman–Crippen MR) is 123 cm³/mol. The zero-order valence-corrected chi connectivity index (χ0v) is 18.1. The Balaban J connectivity index is 1.45. The number of imide groups is 1. The lowest BCUT2D eigenvalue weighted by molar-refractivity contribution is 0.0924. The number of carbonyl (C=O) groups is 3. The molecule has 5 rings (SSSR count). The fraction of sp³-hybridized carbons (Fsp3) is 0.0833. The van der Waals surface area contributed by atoms with E-state index in [4.69, 9.17) is 4.74 Å². The molecule has 0 aliphatic carbocycles. The maximum absolute atomic E-state index is 13.0. The SMILES string of the molecule is COc1ccc(N(C)C(=O)c2ccc3nc(N4C(=O)c5ccccc5C4=O)sc3c2)cc1. The standard InChI is InChI=1S/C24H17N3O4S/c1-26(15-8-10-16(31-2)11-9-15)21(28)14-7-12-19-20(13-14)32-24(25-19)27-22(29)17-5-3-4-6-18(17)23(27)30/h3-13H,1-2H3. The minimum Gasteiger partial charge on any atom is -0.497 e. The molecule has 2 heterocycles. The quantitative estimate of drug-likeness (QED) is 0.437. The highest BCUT2D eigenvalue weighted by molar-refractivity contribution is 7.22. The van der Waals surface area contributed by atoms with Crippen molar-refractivity contribution >= 4 is 50.1 Å². The highest BCUT2D eigenvalue weighted by atomic mass is 32.1. The summed E-state index contributed by atoms with van der Waals surface area (Å²) in [5, 5.41) is 0.291. The van der Waals surface area contributed by atoms with Crippen molar-refractivity contribution in [2.24, 2.45) is 0 Å². The summed E-state index contributed by atoms with van der Waals surface area (Å²) in [5.74, 6) is -0.255. The molecule has 0 bridgehead atoms. The predicted octanol–water partition coefficient (Wildman–Crippen LogP) is 4.38. The van der Waals surface area contributed by atoms with Gasteiger partial charge in [-0.1, -0.05) is 23.5 Å². The number of anilines is 2. The molecule has 0 saturated heterocycles. The summed E-state index contributed by atoms with van der Waals surface area (Å²) in [5.41, 5.74) is 2.56. The van der Waals surface area contributed by atoms with Crippen LogP contribution in [-0.4, -0.2) is 36.9 Å².